The maximum absolute atomic E-state index is 13.0. The zero-order chi connectivity index (χ0) is 19.6. The van der Waals surface area contributed by atoms with Crippen molar-refractivity contribution in [3.63, 3.8) is 0 Å². The van der Waals surface area contributed by atoms with Crippen molar-refractivity contribution < 1.29 is 28.9 Å². The van der Waals surface area contributed by atoms with E-state index in [-0.39, 0.29) is 11.3 Å². The quantitative estimate of drug-likeness (QED) is 0.788. The predicted molar refractivity (Wildman–Crippen MR) is 99.2 cm³/mol. The minimum atomic E-state index is -0.824. The molecule has 0 bridgehead atoms. The highest BCUT2D eigenvalue weighted by molar-refractivity contribution is 6.45. The smallest absolute Gasteiger partial charge is 0.301 e. The van der Waals surface area contributed by atoms with E-state index in [2.05, 4.69) is 0 Å². The molecule has 1 aliphatic rings. The van der Waals surface area contributed by atoms with Gasteiger partial charge < -0.3 is 19.3 Å². The molecule has 7 nitrogen and oxygen atoms in total. The molecule has 1 aliphatic heterocycles. The molecule has 2 amide bonds. The monoisotopic (exact) mass is 369 g/mol. The van der Waals surface area contributed by atoms with Gasteiger partial charge in [-0.3, -0.25) is 9.59 Å². The van der Waals surface area contributed by atoms with Gasteiger partial charge >= 0.3 is 5.91 Å². The molecule has 140 valence electrons. The van der Waals surface area contributed by atoms with Gasteiger partial charge in [0, 0.05) is 6.07 Å². The lowest BCUT2D eigenvalue weighted by Gasteiger charge is -2.18. The summed E-state index contributed by atoms with van der Waals surface area (Å²) in [4.78, 5) is 26.5. The number of anilines is 1. The van der Waals surface area contributed by atoms with Gasteiger partial charge in [-0.2, -0.15) is 0 Å². The number of methoxy groups -OCH3 is 2. The summed E-state index contributed by atoms with van der Waals surface area (Å²) in [5.74, 6) is -0.708. The summed E-state index contributed by atoms with van der Waals surface area (Å²) in [6, 6.07) is 11.3. The number of ether oxygens (including phenoxy) is 3. The van der Waals surface area contributed by atoms with Crippen LogP contribution in [-0.4, -0.2) is 37.7 Å². The van der Waals surface area contributed by atoms with E-state index in [1.54, 1.807) is 36.4 Å². The maximum atomic E-state index is 13.0. The summed E-state index contributed by atoms with van der Waals surface area (Å²) in [6.07, 6.45) is 0. The number of aliphatic hydroxyl groups is 1. The lowest BCUT2D eigenvalue weighted by atomic mass is 10.1. The van der Waals surface area contributed by atoms with Crippen LogP contribution in [-0.2, 0) is 9.59 Å². The fraction of sp³-hybridized carbons (Fsp3) is 0.200. The van der Waals surface area contributed by atoms with Crippen LogP contribution in [0.15, 0.2) is 48.2 Å². The van der Waals surface area contributed by atoms with E-state index in [1.165, 1.54) is 20.3 Å². The Kier molecular flexibility index (Phi) is 5.03. The fourth-order valence-corrected chi connectivity index (χ4v) is 2.85. The van der Waals surface area contributed by atoms with E-state index < -0.39 is 17.6 Å². The van der Waals surface area contributed by atoms with Crippen LogP contribution in [0.4, 0.5) is 5.69 Å². The molecule has 2 aromatic carbocycles. The summed E-state index contributed by atoms with van der Waals surface area (Å²) in [5, 5.41) is 10.3. The molecule has 1 N–H and O–H groups in total. The van der Waals surface area contributed by atoms with Gasteiger partial charge in [0.25, 0.3) is 5.91 Å². The normalized spacial score (nSPS) is 14.0. The van der Waals surface area contributed by atoms with Crippen LogP contribution in [0.2, 0.25) is 0 Å². The highest BCUT2D eigenvalue weighted by atomic mass is 16.5. The molecule has 0 spiro atoms. The van der Waals surface area contributed by atoms with E-state index in [0.717, 1.165) is 4.90 Å². The number of amides is 2. The standard InChI is InChI=1S/C20H19NO6/c1-4-27-13-7-5-12(6-8-13)17-18(22)20(24)21(19(17)23)15-11-14(25-2)9-10-16(15)26-3/h5-11,22H,4H2,1-3H3. The second kappa shape index (κ2) is 7.41. The predicted octanol–water partition coefficient (Wildman–Crippen LogP) is 2.95. The van der Waals surface area contributed by atoms with Crippen LogP contribution < -0.4 is 19.1 Å². The molecule has 0 saturated heterocycles. The number of benzene rings is 2. The van der Waals surface area contributed by atoms with Crippen LogP contribution in [0.25, 0.3) is 5.57 Å². The van der Waals surface area contributed by atoms with E-state index in [1.807, 2.05) is 6.92 Å². The van der Waals surface area contributed by atoms with Crippen molar-refractivity contribution in [3.8, 4) is 17.2 Å². The molecule has 0 aromatic heterocycles. The maximum Gasteiger partial charge on any atom is 0.301 e. The largest absolute Gasteiger partial charge is 0.502 e. The van der Waals surface area contributed by atoms with E-state index in [0.29, 0.717) is 29.4 Å². The first-order chi connectivity index (χ1) is 13.0. The number of carbonyl (C=O) groups is 2. The van der Waals surface area contributed by atoms with Crippen molar-refractivity contribution in [2.75, 3.05) is 25.7 Å². The molecule has 0 radical (unpaired) electrons. The average Bonchev–Trinajstić information content (AvgIpc) is 2.91. The number of hydrogen-bond donors (Lipinski definition) is 1. The summed E-state index contributed by atoms with van der Waals surface area (Å²) in [5.41, 5.74) is 0.533. The SMILES string of the molecule is CCOc1ccc(C2=C(O)C(=O)N(c3cc(OC)ccc3OC)C2=O)cc1. The number of imide groups is 1. The van der Waals surface area contributed by atoms with Gasteiger partial charge in [0.05, 0.1) is 32.1 Å². The van der Waals surface area contributed by atoms with Gasteiger partial charge in [-0.05, 0) is 36.8 Å². The lowest BCUT2D eigenvalue weighted by molar-refractivity contribution is -0.121. The summed E-state index contributed by atoms with van der Waals surface area (Å²) < 4.78 is 15.8. The molecule has 27 heavy (non-hydrogen) atoms. The van der Waals surface area contributed by atoms with Crippen molar-refractivity contribution in [3.05, 3.63) is 53.8 Å². The number of rotatable bonds is 6. The molecule has 0 atom stereocenters. The molecular weight excluding hydrogens is 350 g/mol. The van der Waals surface area contributed by atoms with Gasteiger partial charge in [0.1, 0.15) is 17.2 Å². The van der Waals surface area contributed by atoms with Crippen molar-refractivity contribution in [1.82, 2.24) is 0 Å². The Bertz CT molecular complexity index is 917. The van der Waals surface area contributed by atoms with Crippen molar-refractivity contribution in [2.45, 2.75) is 6.92 Å². The van der Waals surface area contributed by atoms with Crippen molar-refractivity contribution in [1.29, 1.82) is 0 Å². The van der Waals surface area contributed by atoms with Gasteiger partial charge in [0.15, 0.2) is 5.76 Å². The first-order valence-electron chi connectivity index (χ1n) is 8.29. The highest BCUT2D eigenvalue weighted by Crippen LogP contribution is 2.38. The van der Waals surface area contributed by atoms with E-state index in [4.69, 9.17) is 14.2 Å². The molecule has 0 unspecified atom stereocenters. The highest BCUT2D eigenvalue weighted by Gasteiger charge is 2.41. The third kappa shape index (κ3) is 3.19. The molecule has 3 rings (SSSR count). The van der Waals surface area contributed by atoms with Gasteiger partial charge in [-0.15, -0.1) is 0 Å². The van der Waals surface area contributed by atoms with Crippen molar-refractivity contribution >= 4 is 23.1 Å². The first kappa shape index (κ1) is 18.3. The number of hydrogen-bond acceptors (Lipinski definition) is 6. The second-order valence-corrected chi connectivity index (χ2v) is 5.66. The molecule has 0 saturated carbocycles. The molecule has 1 heterocycles. The third-order valence-electron chi connectivity index (χ3n) is 4.14. The van der Waals surface area contributed by atoms with Gasteiger partial charge in [-0.1, -0.05) is 12.1 Å². The van der Waals surface area contributed by atoms with Crippen LogP contribution in [0.5, 0.6) is 17.2 Å². The third-order valence-corrected chi connectivity index (χ3v) is 4.14. The number of nitrogens with zero attached hydrogens (tertiary/aromatic N) is 1. The lowest BCUT2D eigenvalue weighted by Crippen LogP contribution is -2.31. The minimum absolute atomic E-state index is 0.0760. The molecule has 2 aromatic rings. The average molecular weight is 369 g/mol. The number of carbonyl (C=O) groups excluding carboxylic acids is 2. The Balaban J connectivity index is 2.02. The minimum Gasteiger partial charge on any atom is -0.502 e. The Morgan fingerprint density at radius 1 is 0.926 bits per heavy atom. The van der Waals surface area contributed by atoms with Crippen LogP contribution in [0.3, 0.4) is 0 Å². The Morgan fingerprint density at radius 2 is 1.59 bits per heavy atom. The van der Waals surface area contributed by atoms with Crippen LogP contribution in [0, 0.1) is 0 Å². The zero-order valence-electron chi connectivity index (χ0n) is 15.2. The fourth-order valence-electron chi connectivity index (χ4n) is 2.85. The second-order valence-electron chi connectivity index (χ2n) is 5.66. The van der Waals surface area contributed by atoms with Crippen LogP contribution in [0.1, 0.15) is 12.5 Å². The van der Waals surface area contributed by atoms with E-state index >= 15 is 0 Å². The number of aliphatic hydroxyl groups excluding tert-OH is 1. The van der Waals surface area contributed by atoms with Gasteiger partial charge in [0.2, 0.25) is 0 Å². The molecule has 0 aliphatic carbocycles. The topological polar surface area (TPSA) is 85.3 Å². The summed E-state index contributed by atoms with van der Waals surface area (Å²) >= 11 is 0. The molecule has 7 heteroatoms. The first-order valence-corrected chi connectivity index (χ1v) is 8.29. The summed E-state index contributed by atoms with van der Waals surface area (Å²) in [6.45, 7) is 2.37. The van der Waals surface area contributed by atoms with Gasteiger partial charge in [-0.25, -0.2) is 4.90 Å². The van der Waals surface area contributed by atoms with Crippen molar-refractivity contribution in [2.24, 2.45) is 0 Å². The molecule has 0 fully saturated rings. The molecular formula is C20H19NO6. The zero-order valence-corrected chi connectivity index (χ0v) is 15.2. The Labute approximate surface area is 156 Å². The summed E-state index contributed by atoms with van der Waals surface area (Å²) in [7, 11) is 2.90. The van der Waals surface area contributed by atoms with Crippen LogP contribution >= 0.6 is 0 Å². The Hall–Kier alpha value is -3.48. The Morgan fingerprint density at radius 3 is 2.19 bits per heavy atom. The van der Waals surface area contributed by atoms with E-state index in [9.17, 15) is 14.7 Å².